The number of aryl methyl sites for hydroxylation is 2. The van der Waals surface area contributed by atoms with Crippen LogP contribution in [-0.2, 0) is 6.42 Å². The third-order valence-electron chi connectivity index (χ3n) is 5.29. The fraction of sp³-hybridized carbons (Fsp3) is 0.350. The molecule has 1 fully saturated rings. The number of fused-ring (bicyclic) bond motifs is 1. The molecule has 0 bridgehead atoms. The monoisotopic (exact) mass is 371 g/mol. The summed E-state index contributed by atoms with van der Waals surface area (Å²) in [7, 11) is 0. The summed E-state index contributed by atoms with van der Waals surface area (Å²) in [4.78, 5) is 4.52. The normalized spacial score (nSPS) is 18.9. The number of hydrogen-bond donors (Lipinski definition) is 2. The Bertz CT molecular complexity index is 920. The number of allylic oxidation sites excluding steroid dienone is 1. The first kappa shape index (κ1) is 17.7. The number of nitrogens with zero attached hydrogens (tertiary/aromatic N) is 3. The van der Waals surface area contributed by atoms with Gasteiger partial charge in [-0.15, -0.1) is 0 Å². The van der Waals surface area contributed by atoms with E-state index in [0.717, 1.165) is 41.1 Å². The lowest BCUT2D eigenvalue weighted by Crippen LogP contribution is -2.51. The number of hydrogen-bond acceptors (Lipinski definition) is 4. The molecule has 0 atom stereocenters. The van der Waals surface area contributed by atoms with E-state index in [1.165, 1.54) is 5.01 Å². The van der Waals surface area contributed by atoms with Crippen LogP contribution in [0.3, 0.4) is 0 Å². The first-order valence-corrected chi connectivity index (χ1v) is 9.06. The van der Waals surface area contributed by atoms with E-state index >= 15 is 0 Å². The van der Waals surface area contributed by atoms with E-state index in [9.17, 15) is 8.78 Å². The van der Waals surface area contributed by atoms with E-state index in [1.54, 1.807) is 6.20 Å². The summed E-state index contributed by atoms with van der Waals surface area (Å²) in [5, 5.41) is 1.30. The van der Waals surface area contributed by atoms with Gasteiger partial charge in [-0.2, -0.15) is 0 Å². The van der Waals surface area contributed by atoms with E-state index in [-0.39, 0.29) is 18.9 Å². The molecular weight excluding hydrogens is 348 g/mol. The molecule has 2 heterocycles. The smallest absolute Gasteiger partial charge is 0.252 e. The van der Waals surface area contributed by atoms with Gasteiger partial charge in [-0.05, 0) is 30.5 Å². The molecule has 2 aliphatic rings. The molecule has 1 aromatic heterocycles. The van der Waals surface area contributed by atoms with Crippen molar-refractivity contribution < 1.29 is 8.78 Å². The summed E-state index contributed by atoms with van der Waals surface area (Å²) in [5.41, 5.74) is 10.6. The number of imidazole rings is 1. The van der Waals surface area contributed by atoms with Crippen molar-refractivity contribution in [3.63, 3.8) is 0 Å². The van der Waals surface area contributed by atoms with Crippen LogP contribution in [0, 0.1) is 6.92 Å². The predicted molar refractivity (Wildman–Crippen MR) is 102 cm³/mol. The molecule has 27 heavy (non-hydrogen) atoms. The van der Waals surface area contributed by atoms with Gasteiger partial charge in [-0.25, -0.2) is 19.6 Å². The highest BCUT2D eigenvalue weighted by atomic mass is 19.3. The van der Waals surface area contributed by atoms with Gasteiger partial charge in [-0.1, -0.05) is 18.2 Å². The summed E-state index contributed by atoms with van der Waals surface area (Å²) in [6.45, 7) is 2.04. The molecule has 7 heteroatoms. The van der Waals surface area contributed by atoms with Crippen LogP contribution in [0.4, 0.5) is 8.78 Å². The Morgan fingerprint density at radius 3 is 2.89 bits per heavy atom. The Kier molecular flexibility index (Phi) is 4.26. The van der Waals surface area contributed by atoms with Crippen LogP contribution < -0.4 is 11.6 Å². The van der Waals surface area contributed by atoms with E-state index in [1.807, 2.05) is 37.5 Å². The maximum Gasteiger partial charge on any atom is 0.252 e. The maximum atomic E-state index is 13.1. The van der Waals surface area contributed by atoms with E-state index < -0.39 is 5.92 Å². The lowest BCUT2D eigenvalue weighted by molar-refractivity contribution is -0.116. The van der Waals surface area contributed by atoms with Crippen molar-refractivity contribution in [2.24, 2.45) is 11.6 Å². The molecule has 4 N–H and O–H groups in total. The second-order valence-corrected chi connectivity index (χ2v) is 7.33. The number of rotatable bonds is 4. The van der Waals surface area contributed by atoms with Gasteiger partial charge in [0.15, 0.2) is 0 Å². The zero-order chi connectivity index (χ0) is 19.2. The molecule has 1 saturated carbocycles. The fourth-order valence-corrected chi connectivity index (χ4v) is 3.60. The minimum Gasteiger partial charge on any atom is -0.397 e. The molecule has 4 rings (SSSR count). The van der Waals surface area contributed by atoms with Crippen molar-refractivity contribution in [2.45, 2.75) is 44.6 Å². The minimum atomic E-state index is -2.61. The zero-order valence-corrected chi connectivity index (χ0v) is 15.2. The van der Waals surface area contributed by atoms with Crippen molar-refractivity contribution in [3.8, 4) is 11.3 Å². The quantitative estimate of drug-likeness (QED) is 0.637. The highest BCUT2D eigenvalue weighted by Crippen LogP contribution is 2.39. The third kappa shape index (κ3) is 3.35. The van der Waals surface area contributed by atoms with Gasteiger partial charge < -0.3 is 15.3 Å². The molecule has 5 nitrogen and oxygen atoms in total. The largest absolute Gasteiger partial charge is 0.397 e. The lowest BCUT2D eigenvalue weighted by Gasteiger charge is -2.39. The average molecular weight is 371 g/mol. The molecule has 142 valence electrons. The van der Waals surface area contributed by atoms with Gasteiger partial charge in [0, 0.05) is 37.2 Å². The fourth-order valence-electron chi connectivity index (χ4n) is 3.60. The van der Waals surface area contributed by atoms with Crippen LogP contribution in [0.5, 0.6) is 0 Å². The minimum absolute atomic E-state index is 0.235. The summed E-state index contributed by atoms with van der Waals surface area (Å²) >= 11 is 0. The van der Waals surface area contributed by atoms with Crippen LogP contribution in [-0.4, -0.2) is 26.5 Å². The number of benzene rings is 1. The molecule has 0 radical (unpaired) electrons. The van der Waals surface area contributed by atoms with Crippen LogP contribution in [0.2, 0.25) is 0 Å². The van der Waals surface area contributed by atoms with Crippen LogP contribution in [0.15, 0.2) is 36.7 Å². The third-order valence-corrected chi connectivity index (χ3v) is 5.29. The summed E-state index contributed by atoms with van der Waals surface area (Å²) < 4.78 is 28.2. The van der Waals surface area contributed by atoms with Gasteiger partial charge in [0.2, 0.25) is 0 Å². The number of hydrazine groups is 1. The number of halogens is 2. The Morgan fingerprint density at radius 1 is 1.37 bits per heavy atom. The van der Waals surface area contributed by atoms with E-state index in [0.29, 0.717) is 5.70 Å². The highest BCUT2D eigenvalue weighted by molar-refractivity contribution is 5.73. The number of aromatic nitrogens is 2. The van der Waals surface area contributed by atoms with Gasteiger partial charge in [0.1, 0.15) is 5.82 Å². The Balaban J connectivity index is 1.62. The predicted octanol–water partition coefficient (Wildman–Crippen LogP) is 3.51. The zero-order valence-electron chi connectivity index (χ0n) is 15.2. The molecule has 1 aliphatic heterocycles. The molecule has 2 aromatic rings. The molecule has 0 saturated heterocycles. The van der Waals surface area contributed by atoms with Crippen molar-refractivity contribution in [1.82, 2.24) is 14.6 Å². The first-order valence-electron chi connectivity index (χ1n) is 9.06. The second-order valence-electron chi connectivity index (χ2n) is 7.33. The highest BCUT2D eigenvalue weighted by Gasteiger charge is 2.47. The number of alkyl halides is 2. The molecule has 1 aromatic carbocycles. The van der Waals surface area contributed by atoms with Crippen LogP contribution in [0.1, 0.15) is 36.2 Å². The van der Waals surface area contributed by atoms with Crippen LogP contribution in [0.25, 0.3) is 23.2 Å². The van der Waals surface area contributed by atoms with Gasteiger partial charge in [0.25, 0.3) is 5.92 Å². The molecule has 1 aliphatic carbocycles. The van der Waals surface area contributed by atoms with Crippen LogP contribution >= 0.6 is 0 Å². The van der Waals surface area contributed by atoms with E-state index in [4.69, 9.17) is 11.6 Å². The Labute approximate surface area is 156 Å². The summed E-state index contributed by atoms with van der Waals surface area (Å²) in [6, 6.07) is 5.53. The molecule has 0 amide bonds. The van der Waals surface area contributed by atoms with Crippen molar-refractivity contribution >= 4 is 11.9 Å². The number of nitrogens with two attached hydrogens (primary N) is 2. The van der Waals surface area contributed by atoms with Gasteiger partial charge >= 0.3 is 0 Å². The first-order chi connectivity index (χ1) is 12.8. The van der Waals surface area contributed by atoms with Crippen molar-refractivity contribution in [1.29, 1.82) is 0 Å². The Hall–Kier alpha value is -2.67. The van der Waals surface area contributed by atoms with Crippen molar-refractivity contribution in [2.75, 3.05) is 0 Å². The Morgan fingerprint density at radius 2 is 2.15 bits per heavy atom. The molecule has 0 unspecified atom stereocenters. The van der Waals surface area contributed by atoms with Gasteiger partial charge in [-0.3, -0.25) is 0 Å². The second kappa shape index (κ2) is 6.49. The van der Waals surface area contributed by atoms with E-state index in [2.05, 4.69) is 15.6 Å². The summed E-state index contributed by atoms with van der Waals surface area (Å²) in [6.07, 6.45) is 9.05. The van der Waals surface area contributed by atoms with Crippen molar-refractivity contribution in [3.05, 3.63) is 53.6 Å². The lowest BCUT2D eigenvalue weighted by atomic mass is 9.88. The summed E-state index contributed by atoms with van der Waals surface area (Å²) in [5.74, 6) is 4.34. The molecular formula is C20H23F2N5. The topological polar surface area (TPSA) is 73.1 Å². The maximum absolute atomic E-state index is 13.1. The SMILES string of the molecule is Cc1ccc(/C(N)=C/N(N)C2CC(F)(F)C2)cc1-c1cnc2n1C=CCC2. The van der Waals surface area contributed by atoms with Gasteiger partial charge in [0.05, 0.1) is 23.6 Å². The average Bonchev–Trinajstić information content (AvgIpc) is 3.03. The standard InChI is InChI=1S/C20H23F2N5/c1-13-5-6-14(17(23)12-27(24)15-9-20(21,22)10-15)8-16(13)18-11-25-19-4-2-3-7-26(18)19/h3,5-8,11-12,15H,2,4,9-10,23-24H2,1H3/b17-12-. The molecule has 0 spiro atoms.